The Kier molecular flexibility index (Phi) is 4.55. The maximum absolute atomic E-state index is 12.4. The molecule has 1 aliphatic heterocycles. The standard InChI is InChI=1S/C14H22N2O3S/c1-11-9-12(2)14(17)13(10-11)15-20(18,19)16-7-5-3-4-6-8-16/h9-10,15,17H,3-8H2,1-2H3. The van der Waals surface area contributed by atoms with Crippen molar-refractivity contribution in [2.75, 3.05) is 17.8 Å². The number of phenols is 1. The molecule has 20 heavy (non-hydrogen) atoms. The number of hydrogen-bond donors (Lipinski definition) is 2. The van der Waals surface area contributed by atoms with Crippen molar-refractivity contribution in [3.05, 3.63) is 23.3 Å². The van der Waals surface area contributed by atoms with E-state index in [1.165, 1.54) is 4.31 Å². The van der Waals surface area contributed by atoms with Gasteiger partial charge < -0.3 is 5.11 Å². The minimum absolute atomic E-state index is 0.00556. The van der Waals surface area contributed by atoms with Gasteiger partial charge in [0.15, 0.2) is 0 Å². The summed E-state index contributed by atoms with van der Waals surface area (Å²) in [5.74, 6) is -0.00556. The van der Waals surface area contributed by atoms with E-state index in [4.69, 9.17) is 0 Å². The van der Waals surface area contributed by atoms with E-state index in [0.29, 0.717) is 18.7 Å². The fraction of sp³-hybridized carbons (Fsp3) is 0.571. The van der Waals surface area contributed by atoms with Gasteiger partial charge in [-0.25, -0.2) is 0 Å². The summed E-state index contributed by atoms with van der Waals surface area (Å²) in [4.78, 5) is 0. The molecule has 1 aromatic carbocycles. The predicted octanol–water partition coefficient (Wildman–Crippen LogP) is 2.54. The lowest BCUT2D eigenvalue weighted by Crippen LogP contribution is -2.36. The molecule has 2 rings (SSSR count). The van der Waals surface area contributed by atoms with Gasteiger partial charge in [0.2, 0.25) is 0 Å². The van der Waals surface area contributed by atoms with Crippen LogP contribution in [0.15, 0.2) is 12.1 Å². The highest BCUT2D eigenvalue weighted by molar-refractivity contribution is 7.90. The topological polar surface area (TPSA) is 69.6 Å². The Bertz CT molecular complexity index is 576. The number of benzene rings is 1. The van der Waals surface area contributed by atoms with E-state index in [-0.39, 0.29) is 11.4 Å². The van der Waals surface area contributed by atoms with Gasteiger partial charge in [-0.3, -0.25) is 4.72 Å². The number of phenolic OH excluding ortho intramolecular Hbond substituents is 1. The molecule has 1 fully saturated rings. The molecule has 112 valence electrons. The molecule has 0 aliphatic carbocycles. The highest BCUT2D eigenvalue weighted by Gasteiger charge is 2.24. The zero-order chi connectivity index (χ0) is 14.8. The van der Waals surface area contributed by atoms with Crippen LogP contribution in [0.2, 0.25) is 0 Å². The molecular formula is C14H22N2O3S. The summed E-state index contributed by atoms with van der Waals surface area (Å²) in [6, 6.07) is 3.47. The summed E-state index contributed by atoms with van der Waals surface area (Å²) in [6.07, 6.45) is 3.92. The first-order chi connectivity index (χ1) is 9.40. The van der Waals surface area contributed by atoms with Crippen LogP contribution in [-0.4, -0.2) is 30.9 Å². The molecule has 5 nitrogen and oxygen atoms in total. The third-order valence-corrected chi connectivity index (χ3v) is 5.11. The minimum Gasteiger partial charge on any atom is -0.505 e. The molecule has 6 heteroatoms. The number of rotatable bonds is 3. The Labute approximate surface area is 120 Å². The SMILES string of the molecule is Cc1cc(C)c(O)c(NS(=O)(=O)N2CCCCCC2)c1. The van der Waals surface area contributed by atoms with Gasteiger partial charge in [-0.1, -0.05) is 18.9 Å². The average Bonchev–Trinajstić information content (AvgIpc) is 2.64. The molecule has 1 heterocycles. The summed E-state index contributed by atoms with van der Waals surface area (Å²) in [5.41, 5.74) is 1.83. The molecule has 0 unspecified atom stereocenters. The lowest BCUT2D eigenvalue weighted by atomic mass is 10.1. The molecule has 0 aromatic heterocycles. The van der Waals surface area contributed by atoms with Crippen LogP contribution in [0, 0.1) is 13.8 Å². The molecule has 0 atom stereocenters. The van der Waals surface area contributed by atoms with Crippen molar-refractivity contribution < 1.29 is 13.5 Å². The number of anilines is 1. The van der Waals surface area contributed by atoms with E-state index in [1.54, 1.807) is 13.0 Å². The van der Waals surface area contributed by atoms with Gasteiger partial charge in [-0.15, -0.1) is 0 Å². The number of hydrogen-bond acceptors (Lipinski definition) is 3. The first-order valence-corrected chi connectivity index (χ1v) is 8.42. The van der Waals surface area contributed by atoms with Crippen molar-refractivity contribution in [3.8, 4) is 5.75 Å². The van der Waals surface area contributed by atoms with Crippen molar-refractivity contribution >= 4 is 15.9 Å². The highest BCUT2D eigenvalue weighted by Crippen LogP contribution is 2.30. The molecule has 1 aromatic rings. The summed E-state index contributed by atoms with van der Waals surface area (Å²) in [6.45, 7) is 4.71. The van der Waals surface area contributed by atoms with Gasteiger partial charge in [0.1, 0.15) is 5.75 Å². The second-order valence-electron chi connectivity index (χ2n) is 5.40. The third-order valence-electron chi connectivity index (χ3n) is 3.59. The van der Waals surface area contributed by atoms with Crippen LogP contribution in [0.3, 0.4) is 0 Å². The fourth-order valence-electron chi connectivity index (χ4n) is 2.52. The van der Waals surface area contributed by atoms with Gasteiger partial charge in [0, 0.05) is 13.1 Å². The Morgan fingerprint density at radius 3 is 2.30 bits per heavy atom. The van der Waals surface area contributed by atoms with E-state index < -0.39 is 10.2 Å². The highest BCUT2D eigenvalue weighted by atomic mass is 32.2. The summed E-state index contributed by atoms with van der Waals surface area (Å²) >= 11 is 0. The van der Waals surface area contributed by atoms with Crippen molar-refractivity contribution in [1.29, 1.82) is 0 Å². The lowest BCUT2D eigenvalue weighted by Gasteiger charge is -2.21. The number of nitrogens with zero attached hydrogens (tertiary/aromatic N) is 1. The van der Waals surface area contributed by atoms with Crippen LogP contribution in [0.5, 0.6) is 5.75 Å². The summed E-state index contributed by atoms with van der Waals surface area (Å²) < 4.78 is 28.8. The van der Waals surface area contributed by atoms with Crippen LogP contribution >= 0.6 is 0 Å². The van der Waals surface area contributed by atoms with Crippen LogP contribution < -0.4 is 4.72 Å². The van der Waals surface area contributed by atoms with Crippen molar-refractivity contribution in [2.45, 2.75) is 39.5 Å². The number of nitrogens with one attached hydrogen (secondary N) is 1. The lowest BCUT2D eigenvalue weighted by molar-refractivity contribution is 0.427. The third kappa shape index (κ3) is 3.43. The first-order valence-electron chi connectivity index (χ1n) is 6.98. The maximum Gasteiger partial charge on any atom is 0.301 e. The van der Waals surface area contributed by atoms with Crippen LogP contribution in [-0.2, 0) is 10.2 Å². The fourth-order valence-corrected chi connectivity index (χ4v) is 3.82. The Morgan fingerprint density at radius 1 is 1.10 bits per heavy atom. The molecular weight excluding hydrogens is 276 g/mol. The average molecular weight is 298 g/mol. The maximum atomic E-state index is 12.4. The zero-order valence-corrected chi connectivity index (χ0v) is 12.8. The van der Waals surface area contributed by atoms with E-state index in [1.807, 2.05) is 13.0 Å². The molecule has 0 saturated carbocycles. The summed E-state index contributed by atoms with van der Waals surface area (Å²) in [7, 11) is -3.59. The Hall–Kier alpha value is -1.27. The zero-order valence-electron chi connectivity index (χ0n) is 12.0. The van der Waals surface area contributed by atoms with Crippen LogP contribution in [0.25, 0.3) is 0 Å². The molecule has 1 aliphatic rings. The van der Waals surface area contributed by atoms with Gasteiger partial charge in [0.05, 0.1) is 5.69 Å². The molecule has 0 radical (unpaired) electrons. The van der Waals surface area contributed by atoms with Gasteiger partial charge in [-0.05, 0) is 43.9 Å². The quantitative estimate of drug-likeness (QED) is 0.843. The molecule has 2 N–H and O–H groups in total. The van der Waals surface area contributed by atoms with Crippen molar-refractivity contribution in [3.63, 3.8) is 0 Å². The number of aryl methyl sites for hydroxylation is 2. The monoisotopic (exact) mass is 298 g/mol. The number of aromatic hydroxyl groups is 1. The second-order valence-corrected chi connectivity index (χ2v) is 7.07. The normalized spacial score (nSPS) is 17.7. The van der Waals surface area contributed by atoms with Crippen LogP contribution in [0.4, 0.5) is 5.69 Å². The van der Waals surface area contributed by atoms with Crippen molar-refractivity contribution in [1.82, 2.24) is 4.31 Å². The Balaban J connectivity index is 2.23. The smallest absolute Gasteiger partial charge is 0.301 e. The van der Waals surface area contributed by atoms with Gasteiger partial charge in [0.25, 0.3) is 0 Å². The van der Waals surface area contributed by atoms with Gasteiger partial charge in [-0.2, -0.15) is 12.7 Å². The van der Waals surface area contributed by atoms with Crippen LogP contribution in [0.1, 0.15) is 36.8 Å². The molecule has 0 bridgehead atoms. The second kappa shape index (κ2) is 6.01. The van der Waals surface area contributed by atoms with Gasteiger partial charge >= 0.3 is 10.2 Å². The molecule has 0 spiro atoms. The van der Waals surface area contributed by atoms with E-state index in [2.05, 4.69) is 4.72 Å². The van der Waals surface area contributed by atoms with E-state index in [0.717, 1.165) is 31.2 Å². The molecule has 1 saturated heterocycles. The predicted molar refractivity (Wildman–Crippen MR) is 80.2 cm³/mol. The summed E-state index contributed by atoms with van der Waals surface area (Å²) in [5, 5.41) is 9.99. The van der Waals surface area contributed by atoms with E-state index in [9.17, 15) is 13.5 Å². The molecule has 0 amide bonds. The van der Waals surface area contributed by atoms with Crippen molar-refractivity contribution in [2.24, 2.45) is 0 Å². The Morgan fingerprint density at radius 2 is 1.70 bits per heavy atom. The first kappa shape index (κ1) is 15.1. The largest absolute Gasteiger partial charge is 0.505 e. The minimum atomic E-state index is -3.59. The van der Waals surface area contributed by atoms with E-state index >= 15 is 0 Å².